The molecular weight excluding hydrogens is 240 g/mol. The van der Waals surface area contributed by atoms with Crippen molar-refractivity contribution < 1.29 is 9.53 Å². The molecule has 0 spiro atoms. The molecule has 104 valence electrons. The van der Waals surface area contributed by atoms with E-state index in [4.69, 9.17) is 4.74 Å². The molecule has 1 aliphatic rings. The minimum Gasteiger partial charge on any atom is -0.444 e. The van der Waals surface area contributed by atoms with E-state index in [2.05, 4.69) is 16.7 Å². The van der Waals surface area contributed by atoms with Crippen LogP contribution in [0, 0.1) is 6.92 Å². The van der Waals surface area contributed by atoms with E-state index < -0.39 is 11.7 Å². The maximum atomic E-state index is 11.9. The van der Waals surface area contributed by atoms with Crippen LogP contribution in [0.15, 0.2) is 12.1 Å². The van der Waals surface area contributed by atoms with Gasteiger partial charge in [-0.25, -0.2) is 4.79 Å². The predicted molar refractivity (Wildman–Crippen MR) is 77.8 cm³/mol. The molecule has 1 heterocycles. The van der Waals surface area contributed by atoms with Crippen molar-refractivity contribution in [1.29, 1.82) is 0 Å². The standard InChI is InChI=1S/C15H22N2O2/c1-10-7-8-12-11(6-5-9-16-12)13(10)17-14(18)19-15(2,3)4/h7-8,16H,5-6,9H2,1-4H3,(H,17,18). The van der Waals surface area contributed by atoms with E-state index in [0.29, 0.717) is 0 Å². The van der Waals surface area contributed by atoms with Crippen LogP contribution >= 0.6 is 0 Å². The van der Waals surface area contributed by atoms with Gasteiger partial charge in [-0.05, 0) is 57.7 Å². The predicted octanol–water partition coefficient (Wildman–Crippen LogP) is 3.70. The van der Waals surface area contributed by atoms with Crippen molar-refractivity contribution in [3.63, 3.8) is 0 Å². The number of hydrogen-bond donors (Lipinski definition) is 2. The molecule has 0 radical (unpaired) electrons. The Balaban J connectivity index is 2.22. The van der Waals surface area contributed by atoms with Gasteiger partial charge in [-0.1, -0.05) is 6.07 Å². The average molecular weight is 262 g/mol. The minimum absolute atomic E-state index is 0.394. The van der Waals surface area contributed by atoms with Gasteiger partial charge in [-0.15, -0.1) is 0 Å². The summed E-state index contributed by atoms with van der Waals surface area (Å²) in [7, 11) is 0. The monoisotopic (exact) mass is 262 g/mol. The maximum absolute atomic E-state index is 11.9. The summed E-state index contributed by atoms with van der Waals surface area (Å²) in [5, 5.41) is 6.25. The van der Waals surface area contributed by atoms with Crippen molar-refractivity contribution in [2.75, 3.05) is 17.2 Å². The lowest BCUT2D eigenvalue weighted by Gasteiger charge is -2.24. The first kappa shape index (κ1) is 13.7. The molecule has 0 fully saturated rings. The first-order valence-corrected chi connectivity index (χ1v) is 6.73. The zero-order chi connectivity index (χ0) is 14.0. The van der Waals surface area contributed by atoms with Crippen LogP contribution < -0.4 is 10.6 Å². The summed E-state index contributed by atoms with van der Waals surface area (Å²) in [5.41, 5.74) is 3.76. The number of carbonyl (C=O) groups is 1. The molecule has 1 aromatic carbocycles. The highest BCUT2D eigenvalue weighted by Gasteiger charge is 2.20. The van der Waals surface area contributed by atoms with Crippen LogP contribution in [0.1, 0.15) is 38.3 Å². The summed E-state index contributed by atoms with van der Waals surface area (Å²) >= 11 is 0. The van der Waals surface area contributed by atoms with E-state index >= 15 is 0 Å². The fourth-order valence-electron chi connectivity index (χ4n) is 2.26. The molecule has 1 aliphatic heterocycles. The Hall–Kier alpha value is -1.71. The number of carbonyl (C=O) groups excluding carboxylic acids is 1. The topological polar surface area (TPSA) is 50.4 Å². The average Bonchev–Trinajstić information content (AvgIpc) is 2.31. The molecule has 0 saturated heterocycles. The van der Waals surface area contributed by atoms with Gasteiger partial charge in [0.15, 0.2) is 0 Å². The highest BCUT2D eigenvalue weighted by molar-refractivity contribution is 5.89. The van der Waals surface area contributed by atoms with Crippen molar-refractivity contribution in [3.8, 4) is 0 Å². The molecule has 4 heteroatoms. The van der Waals surface area contributed by atoms with Gasteiger partial charge in [0.25, 0.3) is 0 Å². The lowest BCUT2D eigenvalue weighted by Crippen LogP contribution is -2.28. The molecule has 2 N–H and O–H groups in total. The molecule has 0 bridgehead atoms. The van der Waals surface area contributed by atoms with Crippen LogP contribution in [0.2, 0.25) is 0 Å². The molecule has 0 aliphatic carbocycles. The molecule has 1 amide bonds. The quantitative estimate of drug-likeness (QED) is 0.811. The van der Waals surface area contributed by atoms with Gasteiger partial charge in [-0.2, -0.15) is 0 Å². The normalized spacial score (nSPS) is 14.3. The molecule has 1 aromatic rings. The van der Waals surface area contributed by atoms with Gasteiger partial charge in [0, 0.05) is 12.2 Å². The van der Waals surface area contributed by atoms with Gasteiger partial charge in [0.1, 0.15) is 5.60 Å². The summed E-state index contributed by atoms with van der Waals surface area (Å²) in [4.78, 5) is 11.9. The second kappa shape index (κ2) is 5.11. The Labute approximate surface area is 114 Å². The van der Waals surface area contributed by atoms with Crippen molar-refractivity contribution in [3.05, 3.63) is 23.3 Å². The lowest BCUT2D eigenvalue weighted by molar-refractivity contribution is 0.0635. The number of aryl methyl sites for hydroxylation is 1. The van der Waals surface area contributed by atoms with Gasteiger partial charge in [-0.3, -0.25) is 5.32 Å². The number of anilines is 2. The van der Waals surface area contributed by atoms with E-state index in [1.165, 1.54) is 5.56 Å². The summed E-state index contributed by atoms with van der Waals surface area (Å²) < 4.78 is 5.32. The highest BCUT2D eigenvalue weighted by Crippen LogP contribution is 2.32. The third-order valence-electron chi connectivity index (χ3n) is 3.07. The molecule has 2 rings (SSSR count). The molecular formula is C15H22N2O2. The van der Waals surface area contributed by atoms with Crippen LogP contribution in [0.25, 0.3) is 0 Å². The Morgan fingerprint density at radius 3 is 2.79 bits per heavy atom. The number of nitrogens with one attached hydrogen (secondary N) is 2. The molecule has 0 aromatic heterocycles. The van der Waals surface area contributed by atoms with Gasteiger partial charge < -0.3 is 10.1 Å². The third kappa shape index (κ3) is 3.40. The first-order valence-electron chi connectivity index (χ1n) is 6.73. The highest BCUT2D eigenvalue weighted by atomic mass is 16.6. The second-order valence-corrected chi connectivity index (χ2v) is 5.94. The summed E-state index contributed by atoms with van der Waals surface area (Å²) in [5.74, 6) is 0. The van der Waals surface area contributed by atoms with Crippen LogP contribution in [0.3, 0.4) is 0 Å². The maximum Gasteiger partial charge on any atom is 0.412 e. The molecule has 0 saturated carbocycles. The van der Waals surface area contributed by atoms with Crippen LogP contribution in [0.5, 0.6) is 0 Å². The summed E-state index contributed by atoms with van der Waals surface area (Å²) in [6.45, 7) is 8.58. The van der Waals surface area contributed by atoms with Gasteiger partial charge in [0.2, 0.25) is 0 Å². The largest absolute Gasteiger partial charge is 0.444 e. The number of benzene rings is 1. The van der Waals surface area contributed by atoms with E-state index in [1.54, 1.807) is 0 Å². The number of amides is 1. The smallest absolute Gasteiger partial charge is 0.412 e. The van der Waals surface area contributed by atoms with Crippen LogP contribution in [-0.2, 0) is 11.2 Å². The van der Waals surface area contributed by atoms with Crippen molar-refractivity contribution in [2.45, 2.75) is 46.1 Å². The summed E-state index contributed by atoms with van der Waals surface area (Å²) in [6, 6.07) is 4.09. The molecule has 19 heavy (non-hydrogen) atoms. The Morgan fingerprint density at radius 1 is 1.37 bits per heavy atom. The van der Waals surface area contributed by atoms with Crippen molar-refractivity contribution >= 4 is 17.5 Å². The fraction of sp³-hybridized carbons (Fsp3) is 0.533. The Bertz CT molecular complexity index is 490. The first-order chi connectivity index (χ1) is 8.87. The molecule has 4 nitrogen and oxygen atoms in total. The number of rotatable bonds is 1. The van der Waals surface area contributed by atoms with E-state index in [0.717, 1.165) is 36.3 Å². The van der Waals surface area contributed by atoms with Gasteiger partial charge in [0.05, 0.1) is 5.69 Å². The molecule has 0 unspecified atom stereocenters. The third-order valence-corrected chi connectivity index (χ3v) is 3.07. The van der Waals surface area contributed by atoms with E-state index in [1.807, 2.05) is 33.8 Å². The minimum atomic E-state index is -0.481. The second-order valence-electron chi connectivity index (χ2n) is 5.94. The van der Waals surface area contributed by atoms with Crippen LogP contribution in [-0.4, -0.2) is 18.2 Å². The lowest BCUT2D eigenvalue weighted by atomic mass is 9.98. The van der Waals surface area contributed by atoms with Crippen molar-refractivity contribution in [1.82, 2.24) is 0 Å². The number of fused-ring (bicyclic) bond motifs is 1. The van der Waals surface area contributed by atoms with Gasteiger partial charge >= 0.3 is 6.09 Å². The zero-order valence-corrected chi connectivity index (χ0v) is 12.1. The molecule has 0 atom stereocenters. The number of ether oxygens (including phenoxy) is 1. The summed E-state index contributed by atoms with van der Waals surface area (Å²) in [6.07, 6.45) is 1.67. The Kier molecular flexibility index (Phi) is 3.69. The van der Waals surface area contributed by atoms with Crippen molar-refractivity contribution in [2.24, 2.45) is 0 Å². The van der Waals surface area contributed by atoms with Crippen LogP contribution in [0.4, 0.5) is 16.2 Å². The number of hydrogen-bond acceptors (Lipinski definition) is 3. The zero-order valence-electron chi connectivity index (χ0n) is 12.1. The Morgan fingerprint density at radius 2 is 2.11 bits per heavy atom. The SMILES string of the molecule is Cc1ccc2c(c1NC(=O)OC(C)(C)C)CCCN2. The van der Waals surface area contributed by atoms with E-state index in [-0.39, 0.29) is 0 Å². The fourth-order valence-corrected chi connectivity index (χ4v) is 2.26. The van der Waals surface area contributed by atoms with E-state index in [9.17, 15) is 4.79 Å².